The first kappa shape index (κ1) is 21.6. The third-order valence-corrected chi connectivity index (χ3v) is 4.79. The van der Waals surface area contributed by atoms with Gasteiger partial charge in [0.25, 0.3) is 5.91 Å². The van der Waals surface area contributed by atoms with E-state index >= 15 is 0 Å². The zero-order chi connectivity index (χ0) is 22.1. The number of benzene rings is 3. The zero-order valence-corrected chi connectivity index (χ0v) is 17.6. The minimum atomic E-state index is -0.454. The van der Waals surface area contributed by atoms with Crippen LogP contribution in [0.4, 0.5) is 5.69 Å². The number of nitrogens with zero attached hydrogens (tertiary/aromatic N) is 1. The van der Waals surface area contributed by atoms with Gasteiger partial charge >= 0.3 is 0 Å². The molecule has 0 aromatic heterocycles. The first-order chi connectivity index (χ1) is 15.1. The number of rotatable bonds is 7. The summed E-state index contributed by atoms with van der Waals surface area (Å²) in [6.45, 7) is 4.36. The van der Waals surface area contributed by atoms with Crippen LogP contribution in [0, 0.1) is 25.2 Å². The summed E-state index contributed by atoms with van der Waals surface area (Å²) in [6, 6.07) is 24.9. The number of nitriles is 1. The Kier molecular flexibility index (Phi) is 7.40. The summed E-state index contributed by atoms with van der Waals surface area (Å²) in [7, 11) is 0. The van der Waals surface area contributed by atoms with Gasteiger partial charge in [0.15, 0.2) is 0 Å². The van der Waals surface area contributed by atoms with Gasteiger partial charge in [-0.05, 0) is 60.9 Å². The number of nitrogens with one attached hydrogen (secondary N) is 1. The molecule has 0 bridgehead atoms. The van der Waals surface area contributed by atoms with E-state index in [1.54, 1.807) is 6.08 Å². The number of aryl methyl sites for hydroxylation is 2. The van der Waals surface area contributed by atoms with E-state index in [1.807, 2.05) is 105 Å². The summed E-state index contributed by atoms with van der Waals surface area (Å²) < 4.78 is 5.86. The second kappa shape index (κ2) is 10.6. The zero-order valence-electron chi connectivity index (χ0n) is 17.6. The predicted octanol–water partition coefficient (Wildman–Crippen LogP) is 5.94. The number of amides is 1. The van der Waals surface area contributed by atoms with Crippen LogP contribution in [-0.2, 0) is 4.79 Å². The first-order valence-electron chi connectivity index (χ1n) is 10.0. The van der Waals surface area contributed by atoms with E-state index in [0.717, 1.165) is 16.7 Å². The number of anilines is 1. The third-order valence-electron chi connectivity index (χ3n) is 4.79. The molecule has 4 nitrogen and oxygen atoms in total. The molecule has 3 aromatic carbocycles. The molecule has 3 rings (SSSR count). The van der Waals surface area contributed by atoms with Gasteiger partial charge in [-0.2, -0.15) is 5.26 Å². The van der Waals surface area contributed by atoms with Gasteiger partial charge in [-0.15, -0.1) is 0 Å². The average molecular weight is 409 g/mol. The quantitative estimate of drug-likeness (QED) is 0.389. The molecule has 0 saturated heterocycles. The van der Waals surface area contributed by atoms with Gasteiger partial charge in [0.1, 0.15) is 24.0 Å². The number of hydrogen-bond acceptors (Lipinski definition) is 3. The molecule has 3 aromatic rings. The molecule has 0 aliphatic rings. The van der Waals surface area contributed by atoms with Crippen molar-refractivity contribution in [3.8, 4) is 11.8 Å². The molecule has 0 saturated carbocycles. The van der Waals surface area contributed by atoms with E-state index in [1.165, 1.54) is 0 Å². The molecule has 1 amide bonds. The maximum atomic E-state index is 12.6. The first-order valence-corrected chi connectivity index (χ1v) is 10.0. The second-order valence-corrected chi connectivity index (χ2v) is 7.08. The Morgan fingerprint density at radius 3 is 2.48 bits per heavy atom. The molecule has 0 atom stereocenters. The van der Waals surface area contributed by atoms with Crippen molar-refractivity contribution >= 4 is 23.7 Å². The highest BCUT2D eigenvalue weighted by Crippen LogP contribution is 2.22. The van der Waals surface area contributed by atoms with E-state index in [2.05, 4.69) is 5.32 Å². The largest absolute Gasteiger partial charge is 0.489 e. The van der Waals surface area contributed by atoms with Gasteiger partial charge in [0.2, 0.25) is 0 Å². The SMILES string of the molecule is Cc1ccc(NC(=O)/C(C#N)=C/c2ccccc2OC/C=C/c2ccccc2)cc1C. The average Bonchev–Trinajstić information content (AvgIpc) is 2.79. The highest BCUT2D eigenvalue weighted by molar-refractivity contribution is 6.09. The lowest BCUT2D eigenvalue weighted by atomic mass is 10.1. The maximum Gasteiger partial charge on any atom is 0.266 e. The molecule has 154 valence electrons. The number of hydrogen-bond donors (Lipinski definition) is 1. The van der Waals surface area contributed by atoms with Crippen LogP contribution in [0.25, 0.3) is 12.2 Å². The van der Waals surface area contributed by atoms with E-state index in [0.29, 0.717) is 23.6 Å². The van der Waals surface area contributed by atoms with Crippen molar-refractivity contribution in [2.75, 3.05) is 11.9 Å². The summed E-state index contributed by atoms with van der Waals surface area (Å²) in [4.78, 5) is 12.6. The minimum Gasteiger partial charge on any atom is -0.489 e. The highest BCUT2D eigenvalue weighted by Gasteiger charge is 2.11. The van der Waals surface area contributed by atoms with Gasteiger partial charge in [0, 0.05) is 11.3 Å². The number of para-hydroxylation sites is 1. The molecular weight excluding hydrogens is 384 g/mol. The predicted molar refractivity (Wildman–Crippen MR) is 126 cm³/mol. The third kappa shape index (κ3) is 6.19. The molecular formula is C27H24N2O2. The maximum absolute atomic E-state index is 12.6. The van der Waals surface area contributed by atoms with Crippen LogP contribution in [0.1, 0.15) is 22.3 Å². The summed E-state index contributed by atoms with van der Waals surface area (Å²) >= 11 is 0. The fourth-order valence-corrected chi connectivity index (χ4v) is 2.94. The smallest absolute Gasteiger partial charge is 0.266 e. The minimum absolute atomic E-state index is 0.00843. The van der Waals surface area contributed by atoms with Crippen molar-refractivity contribution in [1.82, 2.24) is 0 Å². The van der Waals surface area contributed by atoms with E-state index < -0.39 is 5.91 Å². The second-order valence-electron chi connectivity index (χ2n) is 7.08. The summed E-state index contributed by atoms with van der Waals surface area (Å²) in [5.41, 5.74) is 4.64. The monoisotopic (exact) mass is 408 g/mol. The fourth-order valence-electron chi connectivity index (χ4n) is 2.94. The molecule has 1 N–H and O–H groups in total. The van der Waals surface area contributed by atoms with E-state index in [-0.39, 0.29) is 5.57 Å². The summed E-state index contributed by atoms with van der Waals surface area (Å²) in [5.74, 6) is 0.150. The van der Waals surface area contributed by atoms with Crippen molar-refractivity contribution in [3.05, 3.63) is 107 Å². The van der Waals surface area contributed by atoms with Crippen molar-refractivity contribution in [2.24, 2.45) is 0 Å². The van der Waals surface area contributed by atoms with E-state index in [9.17, 15) is 10.1 Å². The van der Waals surface area contributed by atoms with Gasteiger partial charge < -0.3 is 10.1 Å². The molecule has 0 unspecified atom stereocenters. The van der Waals surface area contributed by atoms with Crippen LogP contribution in [0.5, 0.6) is 5.75 Å². The topological polar surface area (TPSA) is 62.1 Å². The van der Waals surface area contributed by atoms with Crippen LogP contribution < -0.4 is 10.1 Å². The number of ether oxygens (including phenoxy) is 1. The van der Waals surface area contributed by atoms with Crippen LogP contribution in [-0.4, -0.2) is 12.5 Å². The molecule has 0 aliphatic heterocycles. The van der Waals surface area contributed by atoms with Crippen LogP contribution in [0.2, 0.25) is 0 Å². The van der Waals surface area contributed by atoms with Crippen molar-refractivity contribution in [2.45, 2.75) is 13.8 Å². The molecule has 0 heterocycles. The lowest BCUT2D eigenvalue weighted by molar-refractivity contribution is -0.112. The van der Waals surface area contributed by atoms with Gasteiger partial charge in [-0.1, -0.05) is 60.7 Å². The van der Waals surface area contributed by atoms with Gasteiger partial charge in [-0.25, -0.2) is 0 Å². The Morgan fingerprint density at radius 2 is 1.74 bits per heavy atom. The van der Waals surface area contributed by atoms with Crippen LogP contribution in [0.15, 0.2) is 84.4 Å². The van der Waals surface area contributed by atoms with Crippen molar-refractivity contribution in [1.29, 1.82) is 5.26 Å². The molecule has 31 heavy (non-hydrogen) atoms. The molecule has 0 spiro atoms. The van der Waals surface area contributed by atoms with Crippen LogP contribution in [0.3, 0.4) is 0 Å². The van der Waals surface area contributed by atoms with Crippen molar-refractivity contribution < 1.29 is 9.53 Å². The van der Waals surface area contributed by atoms with Crippen molar-refractivity contribution in [3.63, 3.8) is 0 Å². The summed E-state index contributed by atoms with van der Waals surface area (Å²) in [5, 5.41) is 12.3. The Labute approximate surface area is 183 Å². The summed E-state index contributed by atoms with van der Waals surface area (Å²) in [6.07, 6.45) is 5.45. The normalized spacial score (nSPS) is 11.2. The lowest BCUT2D eigenvalue weighted by Gasteiger charge is -2.09. The van der Waals surface area contributed by atoms with Gasteiger partial charge in [-0.3, -0.25) is 4.79 Å². The molecule has 4 heteroatoms. The fraction of sp³-hybridized carbons (Fsp3) is 0.111. The standard InChI is InChI=1S/C27H24N2O2/c1-20-14-15-25(17-21(20)2)29-27(30)24(19-28)18-23-12-6-7-13-26(23)31-16-8-11-22-9-4-3-5-10-22/h3-15,17-18H,16H2,1-2H3,(H,29,30)/b11-8+,24-18+. The Hall–Kier alpha value is -4.10. The molecule has 0 fully saturated rings. The number of carbonyl (C=O) groups is 1. The Morgan fingerprint density at radius 1 is 1.00 bits per heavy atom. The Balaban J connectivity index is 1.71. The molecule has 0 aliphatic carbocycles. The highest BCUT2D eigenvalue weighted by atomic mass is 16.5. The Bertz CT molecular complexity index is 1160. The van der Waals surface area contributed by atoms with E-state index in [4.69, 9.17) is 4.74 Å². The van der Waals surface area contributed by atoms with Gasteiger partial charge in [0.05, 0.1) is 0 Å². The van der Waals surface area contributed by atoms with Crippen LogP contribution >= 0.6 is 0 Å². The number of carbonyl (C=O) groups excluding carboxylic acids is 1. The lowest BCUT2D eigenvalue weighted by Crippen LogP contribution is -2.13. The molecule has 0 radical (unpaired) electrons.